The van der Waals surface area contributed by atoms with Crippen LogP contribution >= 0.6 is 0 Å². The third kappa shape index (κ3) is 2.39. The van der Waals surface area contributed by atoms with E-state index >= 15 is 0 Å². The largest absolute Gasteiger partial charge is 0.373 e. The SMILES string of the molecule is CC(C)n1cc(NC(=O)C2Cc3ccccc3N2)cn1. The maximum absolute atomic E-state index is 12.3. The summed E-state index contributed by atoms with van der Waals surface area (Å²) in [4.78, 5) is 12.3. The lowest BCUT2D eigenvalue weighted by atomic mass is 10.1. The minimum atomic E-state index is -0.213. The lowest BCUT2D eigenvalue weighted by Crippen LogP contribution is -2.32. The maximum Gasteiger partial charge on any atom is 0.247 e. The van der Waals surface area contributed by atoms with E-state index in [-0.39, 0.29) is 18.0 Å². The fraction of sp³-hybridized carbons (Fsp3) is 0.333. The Bertz CT molecular complexity index is 607. The van der Waals surface area contributed by atoms with Crippen molar-refractivity contribution in [2.24, 2.45) is 0 Å². The highest BCUT2D eigenvalue weighted by Gasteiger charge is 2.26. The van der Waals surface area contributed by atoms with E-state index in [0.717, 1.165) is 17.8 Å². The third-order valence-electron chi connectivity index (χ3n) is 3.49. The predicted molar refractivity (Wildman–Crippen MR) is 78.8 cm³/mol. The molecular weight excluding hydrogens is 252 g/mol. The van der Waals surface area contributed by atoms with Crippen molar-refractivity contribution in [1.29, 1.82) is 0 Å². The van der Waals surface area contributed by atoms with Crippen molar-refractivity contribution in [3.05, 3.63) is 42.2 Å². The molecule has 20 heavy (non-hydrogen) atoms. The van der Waals surface area contributed by atoms with Gasteiger partial charge in [-0.3, -0.25) is 9.48 Å². The first-order valence-electron chi connectivity index (χ1n) is 6.83. The average Bonchev–Trinajstić information content (AvgIpc) is 3.04. The second-order valence-electron chi connectivity index (χ2n) is 5.35. The number of rotatable bonds is 3. The zero-order valence-electron chi connectivity index (χ0n) is 11.6. The molecule has 0 saturated carbocycles. The molecule has 1 unspecified atom stereocenters. The van der Waals surface area contributed by atoms with Gasteiger partial charge in [0.15, 0.2) is 0 Å². The molecule has 0 fully saturated rings. The number of anilines is 2. The zero-order valence-corrected chi connectivity index (χ0v) is 11.6. The second-order valence-corrected chi connectivity index (χ2v) is 5.35. The van der Waals surface area contributed by atoms with Crippen LogP contribution < -0.4 is 10.6 Å². The molecule has 2 aromatic rings. The number of carbonyl (C=O) groups excluding carboxylic acids is 1. The summed E-state index contributed by atoms with van der Waals surface area (Å²) in [7, 11) is 0. The summed E-state index contributed by atoms with van der Waals surface area (Å²) >= 11 is 0. The Morgan fingerprint density at radius 2 is 2.25 bits per heavy atom. The van der Waals surface area contributed by atoms with E-state index in [9.17, 15) is 4.79 Å². The number of para-hydroxylation sites is 1. The molecule has 0 radical (unpaired) electrons. The van der Waals surface area contributed by atoms with Crippen LogP contribution in [0.4, 0.5) is 11.4 Å². The van der Waals surface area contributed by atoms with Crippen molar-refractivity contribution in [2.75, 3.05) is 10.6 Å². The minimum Gasteiger partial charge on any atom is -0.373 e. The second kappa shape index (κ2) is 5.00. The monoisotopic (exact) mass is 270 g/mol. The normalized spacial score (nSPS) is 16.9. The predicted octanol–water partition coefficient (Wildman–Crippen LogP) is 2.44. The van der Waals surface area contributed by atoms with Crippen molar-refractivity contribution in [2.45, 2.75) is 32.4 Å². The van der Waals surface area contributed by atoms with E-state index in [1.165, 1.54) is 5.56 Å². The lowest BCUT2D eigenvalue weighted by molar-refractivity contribution is -0.116. The fourth-order valence-corrected chi connectivity index (χ4v) is 2.37. The van der Waals surface area contributed by atoms with Gasteiger partial charge in [0, 0.05) is 24.3 Å². The molecule has 1 aliphatic heterocycles. The number of benzene rings is 1. The van der Waals surface area contributed by atoms with Crippen LogP contribution in [0.15, 0.2) is 36.7 Å². The van der Waals surface area contributed by atoms with E-state index in [4.69, 9.17) is 0 Å². The van der Waals surface area contributed by atoms with Gasteiger partial charge in [-0.05, 0) is 25.5 Å². The molecule has 0 bridgehead atoms. The highest BCUT2D eigenvalue weighted by atomic mass is 16.2. The smallest absolute Gasteiger partial charge is 0.247 e. The van der Waals surface area contributed by atoms with Crippen molar-refractivity contribution >= 4 is 17.3 Å². The average molecular weight is 270 g/mol. The highest BCUT2D eigenvalue weighted by Crippen LogP contribution is 2.25. The highest BCUT2D eigenvalue weighted by molar-refractivity contribution is 5.97. The molecule has 0 saturated heterocycles. The number of aromatic nitrogens is 2. The summed E-state index contributed by atoms with van der Waals surface area (Å²) in [6.07, 6.45) is 4.25. The van der Waals surface area contributed by atoms with Crippen molar-refractivity contribution in [3.63, 3.8) is 0 Å². The van der Waals surface area contributed by atoms with Crippen molar-refractivity contribution in [3.8, 4) is 0 Å². The molecule has 1 aromatic heterocycles. The Kier molecular flexibility index (Phi) is 3.18. The molecule has 1 aromatic carbocycles. The number of nitrogens with one attached hydrogen (secondary N) is 2. The minimum absolute atomic E-state index is 0.0236. The van der Waals surface area contributed by atoms with Crippen LogP contribution in [0.1, 0.15) is 25.5 Å². The molecule has 2 heterocycles. The number of carbonyl (C=O) groups is 1. The number of hydrogen-bond acceptors (Lipinski definition) is 3. The summed E-state index contributed by atoms with van der Waals surface area (Å²) in [5.74, 6) is -0.0236. The molecule has 5 nitrogen and oxygen atoms in total. The van der Waals surface area contributed by atoms with E-state index in [2.05, 4.69) is 15.7 Å². The quantitative estimate of drug-likeness (QED) is 0.900. The lowest BCUT2D eigenvalue weighted by Gasteiger charge is -2.10. The number of hydrogen-bond donors (Lipinski definition) is 2. The molecule has 1 atom stereocenters. The Labute approximate surface area is 118 Å². The molecule has 1 aliphatic rings. The number of amides is 1. The molecular formula is C15H18N4O. The molecule has 0 aliphatic carbocycles. The first-order chi connectivity index (χ1) is 9.63. The maximum atomic E-state index is 12.3. The van der Waals surface area contributed by atoms with Crippen LogP contribution in [-0.2, 0) is 11.2 Å². The van der Waals surface area contributed by atoms with Gasteiger partial charge in [-0.15, -0.1) is 0 Å². The topological polar surface area (TPSA) is 59.0 Å². The van der Waals surface area contributed by atoms with E-state index in [1.807, 2.05) is 49.0 Å². The first-order valence-corrected chi connectivity index (χ1v) is 6.83. The molecule has 3 rings (SSSR count). The van der Waals surface area contributed by atoms with Gasteiger partial charge in [0.05, 0.1) is 11.9 Å². The number of fused-ring (bicyclic) bond motifs is 1. The van der Waals surface area contributed by atoms with Gasteiger partial charge < -0.3 is 10.6 Å². The molecule has 2 N–H and O–H groups in total. The summed E-state index contributed by atoms with van der Waals surface area (Å²) in [5.41, 5.74) is 2.97. The fourth-order valence-electron chi connectivity index (χ4n) is 2.37. The van der Waals surface area contributed by atoms with E-state index in [1.54, 1.807) is 6.20 Å². The van der Waals surface area contributed by atoms with Crippen LogP contribution in [-0.4, -0.2) is 21.7 Å². The van der Waals surface area contributed by atoms with E-state index in [0.29, 0.717) is 0 Å². The van der Waals surface area contributed by atoms with Gasteiger partial charge in [0.2, 0.25) is 5.91 Å². The van der Waals surface area contributed by atoms with Gasteiger partial charge in [-0.25, -0.2) is 0 Å². The van der Waals surface area contributed by atoms with Crippen LogP contribution in [0.2, 0.25) is 0 Å². The summed E-state index contributed by atoms with van der Waals surface area (Å²) in [5, 5.41) is 10.4. The Morgan fingerprint density at radius 3 is 2.95 bits per heavy atom. The van der Waals surface area contributed by atoms with Gasteiger partial charge in [0.25, 0.3) is 0 Å². The zero-order chi connectivity index (χ0) is 14.1. The van der Waals surface area contributed by atoms with Gasteiger partial charge in [-0.1, -0.05) is 18.2 Å². The summed E-state index contributed by atoms with van der Waals surface area (Å²) in [6.45, 7) is 4.10. The molecule has 104 valence electrons. The molecule has 1 amide bonds. The van der Waals surface area contributed by atoms with Crippen molar-refractivity contribution < 1.29 is 4.79 Å². The Balaban J connectivity index is 1.66. The van der Waals surface area contributed by atoms with Crippen LogP contribution in [0.3, 0.4) is 0 Å². The van der Waals surface area contributed by atoms with Gasteiger partial charge >= 0.3 is 0 Å². The Morgan fingerprint density at radius 1 is 1.45 bits per heavy atom. The third-order valence-corrected chi connectivity index (χ3v) is 3.49. The van der Waals surface area contributed by atoms with Crippen molar-refractivity contribution in [1.82, 2.24) is 9.78 Å². The standard InChI is InChI=1S/C15H18N4O/c1-10(2)19-9-12(8-16-19)17-15(20)14-7-11-5-3-4-6-13(11)18-14/h3-6,8-10,14,18H,7H2,1-2H3,(H,17,20). The van der Waals surface area contributed by atoms with E-state index < -0.39 is 0 Å². The van der Waals surface area contributed by atoms with Gasteiger partial charge in [-0.2, -0.15) is 5.10 Å². The van der Waals surface area contributed by atoms with Crippen LogP contribution in [0, 0.1) is 0 Å². The van der Waals surface area contributed by atoms with Gasteiger partial charge in [0.1, 0.15) is 6.04 Å². The van der Waals surface area contributed by atoms with Crippen LogP contribution in [0.5, 0.6) is 0 Å². The molecule has 0 spiro atoms. The molecule has 5 heteroatoms. The summed E-state index contributed by atoms with van der Waals surface area (Å²) < 4.78 is 1.83. The Hall–Kier alpha value is -2.30. The number of nitrogens with zero attached hydrogens (tertiary/aromatic N) is 2. The van der Waals surface area contributed by atoms with Crippen LogP contribution in [0.25, 0.3) is 0 Å². The first kappa shape index (κ1) is 12.7. The summed E-state index contributed by atoms with van der Waals surface area (Å²) in [6, 6.07) is 8.09.